The van der Waals surface area contributed by atoms with E-state index in [-0.39, 0.29) is 5.75 Å². The quantitative estimate of drug-likeness (QED) is 0.879. The van der Waals surface area contributed by atoms with Crippen molar-refractivity contribution in [2.45, 2.75) is 31.7 Å². The SMILES string of the molecule is O=S(=O)(CCC1CCCCN1)Nc1cccc(Cl)c1. The lowest BCUT2D eigenvalue weighted by Crippen LogP contribution is -2.36. The van der Waals surface area contributed by atoms with E-state index in [1.807, 2.05) is 0 Å². The first-order valence-corrected chi connectivity index (χ1v) is 8.58. The second kappa shape index (κ2) is 6.59. The van der Waals surface area contributed by atoms with Crippen LogP contribution in [0.5, 0.6) is 0 Å². The Morgan fingerprint density at radius 3 is 2.89 bits per heavy atom. The molecule has 0 aliphatic carbocycles. The number of benzene rings is 1. The monoisotopic (exact) mass is 302 g/mol. The Morgan fingerprint density at radius 2 is 2.21 bits per heavy atom. The molecule has 0 radical (unpaired) electrons. The molecule has 1 aromatic rings. The van der Waals surface area contributed by atoms with Crippen LogP contribution in [0.1, 0.15) is 25.7 Å². The Bertz CT molecular complexity index is 513. The van der Waals surface area contributed by atoms with E-state index in [1.165, 1.54) is 12.8 Å². The molecule has 1 aliphatic rings. The first kappa shape index (κ1) is 14.6. The van der Waals surface area contributed by atoms with Gasteiger partial charge in [0.1, 0.15) is 0 Å². The van der Waals surface area contributed by atoms with Crippen LogP contribution >= 0.6 is 11.6 Å². The second-order valence-corrected chi connectivity index (χ2v) is 7.15. The van der Waals surface area contributed by atoms with E-state index >= 15 is 0 Å². The van der Waals surface area contributed by atoms with Gasteiger partial charge in [-0.1, -0.05) is 24.1 Å². The van der Waals surface area contributed by atoms with Crippen LogP contribution in [-0.2, 0) is 10.0 Å². The van der Waals surface area contributed by atoms with Gasteiger partial charge in [-0.3, -0.25) is 4.72 Å². The van der Waals surface area contributed by atoms with Crippen molar-refractivity contribution in [1.29, 1.82) is 0 Å². The van der Waals surface area contributed by atoms with E-state index < -0.39 is 10.0 Å². The molecule has 6 heteroatoms. The molecule has 1 unspecified atom stereocenters. The summed E-state index contributed by atoms with van der Waals surface area (Å²) in [6.45, 7) is 0.992. The van der Waals surface area contributed by atoms with Crippen molar-refractivity contribution >= 4 is 27.3 Å². The highest BCUT2D eigenvalue weighted by Gasteiger charge is 2.17. The summed E-state index contributed by atoms with van der Waals surface area (Å²) in [6.07, 6.45) is 4.08. The highest BCUT2D eigenvalue weighted by Crippen LogP contribution is 2.17. The number of nitrogens with one attached hydrogen (secondary N) is 2. The summed E-state index contributed by atoms with van der Waals surface area (Å²) < 4.78 is 26.5. The van der Waals surface area contributed by atoms with Crippen LogP contribution in [0.25, 0.3) is 0 Å². The lowest BCUT2D eigenvalue weighted by atomic mass is 10.0. The number of hydrogen-bond acceptors (Lipinski definition) is 3. The van der Waals surface area contributed by atoms with Crippen molar-refractivity contribution in [1.82, 2.24) is 5.32 Å². The average Bonchev–Trinajstić information content (AvgIpc) is 2.37. The number of hydrogen-bond donors (Lipinski definition) is 2. The summed E-state index contributed by atoms with van der Waals surface area (Å²) in [4.78, 5) is 0. The topological polar surface area (TPSA) is 58.2 Å². The molecule has 106 valence electrons. The van der Waals surface area contributed by atoms with E-state index in [0.717, 1.165) is 13.0 Å². The molecular formula is C13H19ClN2O2S. The number of halogens is 1. The van der Waals surface area contributed by atoms with Crippen LogP contribution in [0.15, 0.2) is 24.3 Å². The molecule has 2 rings (SSSR count). The Labute approximate surface area is 119 Å². The van der Waals surface area contributed by atoms with Crippen molar-refractivity contribution < 1.29 is 8.42 Å². The molecule has 0 spiro atoms. The molecule has 0 saturated carbocycles. The fourth-order valence-corrected chi connectivity index (χ4v) is 3.62. The maximum atomic E-state index is 12.0. The molecule has 19 heavy (non-hydrogen) atoms. The first-order valence-electron chi connectivity index (χ1n) is 6.55. The normalized spacial score (nSPS) is 20.2. The Hall–Kier alpha value is -0.780. The third-order valence-electron chi connectivity index (χ3n) is 3.25. The third-order valence-corrected chi connectivity index (χ3v) is 4.80. The van der Waals surface area contributed by atoms with Gasteiger partial charge in [0, 0.05) is 16.8 Å². The minimum atomic E-state index is -3.30. The second-order valence-electron chi connectivity index (χ2n) is 4.87. The number of rotatable bonds is 5. The lowest BCUT2D eigenvalue weighted by Gasteiger charge is -2.23. The molecule has 1 fully saturated rings. The summed E-state index contributed by atoms with van der Waals surface area (Å²) in [5.41, 5.74) is 0.518. The van der Waals surface area contributed by atoms with Gasteiger partial charge in [-0.25, -0.2) is 8.42 Å². The zero-order valence-corrected chi connectivity index (χ0v) is 12.3. The summed E-state index contributed by atoms with van der Waals surface area (Å²) in [5, 5.41) is 3.87. The Morgan fingerprint density at radius 1 is 1.37 bits per heavy atom. The van der Waals surface area contributed by atoms with Crippen LogP contribution in [0.4, 0.5) is 5.69 Å². The van der Waals surface area contributed by atoms with Crippen LogP contribution in [-0.4, -0.2) is 26.8 Å². The first-order chi connectivity index (χ1) is 9.05. The smallest absolute Gasteiger partial charge is 0.232 e. The zero-order valence-electron chi connectivity index (χ0n) is 10.7. The van der Waals surface area contributed by atoms with Gasteiger partial charge >= 0.3 is 0 Å². The fraction of sp³-hybridized carbons (Fsp3) is 0.538. The average molecular weight is 303 g/mol. The molecule has 0 amide bonds. The molecule has 4 nitrogen and oxygen atoms in total. The van der Waals surface area contributed by atoms with Crippen LogP contribution in [0.3, 0.4) is 0 Å². The van der Waals surface area contributed by atoms with Gasteiger partial charge in [0.25, 0.3) is 0 Å². The Kier molecular flexibility index (Phi) is 5.07. The molecule has 1 heterocycles. The van der Waals surface area contributed by atoms with Gasteiger partial charge in [0.15, 0.2) is 0 Å². The molecule has 0 bridgehead atoms. The largest absolute Gasteiger partial charge is 0.314 e. The predicted octanol–water partition coefficient (Wildman–Crippen LogP) is 2.61. The van der Waals surface area contributed by atoms with Gasteiger partial charge < -0.3 is 5.32 Å². The van der Waals surface area contributed by atoms with Gasteiger partial charge in [0.05, 0.1) is 5.75 Å². The van der Waals surface area contributed by atoms with Gasteiger partial charge in [-0.2, -0.15) is 0 Å². The van der Waals surface area contributed by atoms with Crippen LogP contribution in [0.2, 0.25) is 5.02 Å². The van der Waals surface area contributed by atoms with Crippen molar-refractivity contribution in [3.63, 3.8) is 0 Å². The number of anilines is 1. The summed E-state index contributed by atoms with van der Waals surface area (Å²) in [7, 11) is -3.30. The van der Waals surface area contributed by atoms with Crippen molar-refractivity contribution in [2.75, 3.05) is 17.0 Å². The molecule has 0 aromatic heterocycles. The fourth-order valence-electron chi connectivity index (χ4n) is 2.25. The van der Waals surface area contributed by atoms with E-state index in [1.54, 1.807) is 24.3 Å². The van der Waals surface area contributed by atoms with Gasteiger partial charge in [0.2, 0.25) is 10.0 Å². The maximum Gasteiger partial charge on any atom is 0.232 e. The van der Waals surface area contributed by atoms with Crippen molar-refractivity contribution in [3.05, 3.63) is 29.3 Å². The van der Waals surface area contributed by atoms with Crippen LogP contribution < -0.4 is 10.0 Å². The van der Waals surface area contributed by atoms with Gasteiger partial charge in [-0.05, 0) is 44.0 Å². The van der Waals surface area contributed by atoms with Crippen LogP contribution in [0, 0.1) is 0 Å². The summed E-state index contributed by atoms with van der Waals surface area (Å²) >= 11 is 5.83. The Balaban J connectivity index is 1.87. The summed E-state index contributed by atoms with van der Waals surface area (Å²) in [5.74, 6) is 0.136. The molecule has 1 atom stereocenters. The minimum Gasteiger partial charge on any atom is -0.314 e. The zero-order chi connectivity index (χ0) is 13.7. The third kappa shape index (κ3) is 5.01. The summed E-state index contributed by atoms with van der Waals surface area (Å²) in [6, 6.07) is 7.07. The molecule has 1 aromatic carbocycles. The van der Waals surface area contributed by atoms with Crippen molar-refractivity contribution in [2.24, 2.45) is 0 Å². The van der Waals surface area contributed by atoms with Crippen molar-refractivity contribution in [3.8, 4) is 0 Å². The number of piperidine rings is 1. The number of sulfonamides is 1. The molecule has 1 saturated heterocycles. The molecular weight excluding hydrogens is 284 g/mol. The standard InChI is InChI=1S/C13H19ClN2O2S/c14-11-4-3-6-13(10-11)16-19(17,18)9-7-12-5-1-2-8-15-12/h3-4,6,10,12,15-16H,1-2,5,7-9H2. The molecule has 2 N–H and O–H groups in total. The highest BCUT2D eigenvalue weighted by molar-refractivity contribution is 7.92. The minimum absolute atomic E-state index is 0.136. The van der Waals surface area contributed by atoms with Gasteiger partial charge in [-0.15, -0.1) is 0 Å². The van der Waals surface area contributed by atoms with E-state index in [0.29, 0.717) is 23.2 Å². The van der Waals surface area contributed by atoms with E-state index in [2.05, 4.69) is 10.0 Å². The molecule has 1 aliphatic heterocycles. The maximum absolute atomic E-state index is 12.0. The predicted molar refractivity (Wildman–Crippen MR) is 79.1 cm³/mol. The lowest BCUT2D eigenvalue weighted by molar-refractivity contribution is 0.393. The van der Waals surface area contributed by atoms with E-state index in [9.17, 15) is 8.42 Å². The highest BCUT2D eigenvalue weighted by atomic mass is 35.5. The van der Waals surface area contributed by atoms with E-state index in [4.69, 9.17) is 11.6 Å².